The van der Waals surface area contributed by atoms with Gasteiger partial charge in [0.2, 0.25) is 10.0 Å². The lowest BCUT2D eigenvalue weighted by molar-refractivity contribution is 0.311. The fourth-order valence-electron chi connectivity index (χ4n) is 3.81. The van der Waals surface area contributed by atoms with Crippen molar-refractivity contribution in [3.63, 3.8) is 0 Å². The van der Waals surface area contributed by atoms with Gasteiger partial charge in [-0.3, -0.25) is 0 Å². The van der Waals surface area contributed by atoms with Gasteiger partial charge in [0.05, 0.1) is 4.90 Å². The van der Waals surface area contributed by atoms with Crippen LogP contribution in [0.5, 0.6) is 0 Å². The largest absolute Gasteiger partial charge is 0.240 e. The van der Waals surface area contributed by atoms with Crippen LogP contribution in [0, 0.1) is 12.8 Å². The number of sulfonamides is 1. The lowest BCUT2D eigenvalue weighted by Gasteiger charge is -2.40. The van der Waals surface area contributed by atoms with Crippen LogP contribution in [0.1, 0.15) is 30.5 Å². The lowest BCUT2D eigenvalue weighted by atomic mass is 9.74. The first-order chi connectivity index (χ1) is 14.8. The molecular formula is C24H26N4O2S. The second kappa shape index (κ2) is 9.35. The number of hydrogen-bond donors (Lipinski definition) is 1. The topological polar surface area (TPSA) is 94.9 Å². The Morgan fingerprint density at radius 1 is 0.871 bits per heavy atom. The van der Waals surface area contributed by atoms with Crippen LogP contribution in [0.25, 0.3) is 10.4 Å². The fraction of sp³-hybridized carbons (Fsp3) is 0.250. The van der Waals surface area contributed by atoms with Gasteiger partial charge in [-0.05, 0) is 41.6 Å². The highest BCUT2D eigenvalue weighted by atomic mass is 32.2. The molecule has 31 heavy (non-hydrogen) atoms. The Morgan fingerprint density at radius 2 is 1.35 bits per heavy atom. The zero-order chi connectivity index (χ0) is 22.5. The summed E-state index contributed by atoms with van der Waals surface area (Å²) in [6.45, 7) is 5.73. The molecule has 0 saturated carbocycles. The summed E-state index contributed by atoms with van der Waals surface area (Å²) < 4.78 is 29.5. The SMILES string of the molecule is Cc1ccc(S(=O)(=O)N[C@@H](C(C)C)C(N=[N+]=[N-])(c2ccccc2)c2ccccc2)cc1. The molecule has 3 aromatic rings. The summed E-state index contributed by atoms with van der Waals surface area (Å²) in [5.41, 5.74) is 10.7. The van der Waals surface area contributed by atoms with Crippen molar-refractivity contribution in [3.05, 3.63) is 112 Å². The monoisotopic (exact) mass is 434 g/mol. The number of nitrogens with one attached hydrogen (secondary N) is 1. The average molecular weight is 435 g/mol. The Balaban J connectivity index is 2.24. The summed E-state index contributed by atoms with van der Waals surface area (Å²) in [5, 5.41) is 4.26. The first-order valence-corrected chi connectivity index (χ1v) is 11.6. The molecular weight excluding hydrogens is 408 g/mol. The van der Waals surface area contributed by atoms with Gasteiger partial charge in [0.1, 0.15) is 5.54 Å². The van der Waals surface area contributed by atoms with Crippen LogP contribution in [-0.2, 0) is 15.6 Å². The van der Waals surface area contributed by atoms with E-state index in [0.717, 1.165) is 5.56 Å². The molecule has 0 heterocycles. The molecule has 0 bridgehead atoms. The minimum Gasteiger partial charge on any atom is -0.207 e. The van der Waals surface area contributed by atoms with E-state index in [0.29, 0.717) is 11.1 Å². The minimum atomic E-state index is -3.87. The van der Waals surface area contributed by atoms with Crippen molar-refractivity contribution < 1.29 is 8.42 Å². The molecule has 0 radical (unpaired) electrons. The molecule has 0 unspecified atom stereocenters. The molecule has 1 atom stereocenters. The Bertz CT molecular complexity index is 1120. The molecule has 3 aromatic carbocycles. The van der Waals surface area contributed by atoms with E-state index in [2.05, 4.69) is 14.7 Å². The van der Waals surface area contributed by atoms with Gasteiger partial charge in [0.25, 0.3) is 0 Å². The first kappa shape index (κ1) is 22.6. The first-order valence-electron chi connectivity index (χ1n) is 10.1. The Hall–Kier alpha value is -3.12. The molecule has 0 aliphatic carbocycles. The highest BCUT2D eigenvalue weighted by Gasteiger charge is 2.45. The van der Waals surface area contributed by atoms with E-state index in [9.17, 15) is 13.9 Å². The van der Waals surface area contributed by atoms with Crippen LogP contribution in [0.3, 0.4) is 0 Å². The van der Waals surface area contributed by atoms with E-state index in [1.54, 1.807) is 24.3 Å². The molecule has 0 amide bonds. The van der Waals surface area contributed by atoms with Gasteiger partial charge in [0, 0.05) is 11.0 Å². The van der Waals surface area contributed by atoms with E-state index in [1.165, 1.54) is 0 Å². The van der Waals surface area contributed by atoms with Gasteiger partial charge < -0.3 is 0 Å². The highest BCUT2D eigenvalue weighted by molar-refractivity contribution is 7.89. The number of rotatable bonds is 8. The molecule has 0 aromatic heterocycles. The maximum atomic E-state index is 13.3. The van der Waals surface area contributed by atoms with Crippen molar-refractivity contribution in [2.45, 2.75) is 37.2 Å². The van der Waals surface area contributed by atoms with Crippen LogP contribution >= 0.6 is 0 Å². The summed E-state index contributed by atoms with van der Waals surface area (Å²) >= 11 is 0. The van der Waals surface area contributed by atoms with Gasteiger partial charge >= 0.3 is 0 Å². The summed E-state index contributed by atoms with van der Waals surface area (Å²) in [5.74, 6) is -0.189. The maximum absolute atomic E-state index is 13.3. The van der Waals surface area contributed by atoms with E-state index < -0.39 is 21.6 Å². The van der Waals surface area contributed by atoms with E-state index in [1.807, 2.05) is 81.4 Å². The van der Waals surface area contributed by atoms with Crippen molar-refractivity contribution in [2.24, 2.45) is 11.0 Å². The fourth-order valence-corrected chi connectivity index (χ4v) is 5.22. The minimum absolute atomic E-state index is 0.166. The second-order valence-electron chi connectivity index (χ2n) is 7.84. The normalized spacial score (nSPS) is 12.9. The Morgan fingerprint density at radius 3 is 1.77 bits per heavy atom. The van der Waals surface area contributed by atoms with Crippen LogP contribution < -0.4 is 4.72 Å². The number of aryl methyl sites for hydroxylation is 1. The van der Waals surface area contributed by atoms with Gasteiger partial charge in [0.15, 0.2) is 0 Å². The smallest absolute Gasteiger partial charge is 0.207 e. The molecule has 6 nitrogen and oxygen atoms in total. The van der Waals surface area contributed by atoms with Crippen LogP contribution in [-0.4, -0.2) is 14.5 Å². The molecule has 3 rings (SSSR count). The molecule has 0 aliphatic rings. The third kappa shape index (κ3) is 4.64. The van der Waals surface area contributed by atoms with Crippen LogP contribution in [0.2, 0.25) is 0 Å². The van der Waals surface area contributed by atoms with E-state index in [4.69, 9.17) is 0 Å². The quantitative estimate of drug-likeness (QED) is 0.286. The van der Waals surface area contributed by atoms with Crippen molar-refractivity contribution in [1.82, 2.24) is 4.72 Å². The van der Waals surface area contributed by atoms with Crippen molar-refractivity contribution in [2.75, 3.05) is 0 Å². The summed E-state index contributed by atoms with van der Waals surface area (Å²) in [4.78, 5) is 3.34. The standard InChI is InChI=1S/C24H26N4O2S/c1-18(2)23(26-31(29,30)22-16-14-19(3)15-17-22)24(27-28-25,20-10-6-4-7-11-20)21-12-8-5-9-13-21/h4-18,23,26H,1-3H3/t23-/m0/s1. The third-order valence-corrected chi connectivity index (χ3v) is 6.82. The molecule has 0 fully saturated rings. The van der Waals surface area contributed by atoms with Crippen molar-refractivity contribution in [1.29, 1.82) is 0 Å². The van der Waals surface area contributed by atoms with E-state index in [-0.39, 0.29) is 10.8 Å². The lowest BCUT2D eigenvalue weighted by Crippen LogP contribution is -2.53. The van der Waals surface area contributed by atoms with Crippen molar-refractivity contribution in [3.8, 4) is 0 Å². The molecule has 0 spiro atoms. The second-order valence-corrected chi connectivity index (χ2v) is 9.56. The predicted octanol–water partition coefficient (Wildman–Crippen LogP) is 5.55. The van der Waals surface area contributed by atoms with Gasteiger partial charge in [-0.15, -0.1) is 0 Å². The predicted molar refractivity (Wildman–Crippen MR) is 123 cm³/mol. The highest BCUT2D eigenvalue weighted by Crippen LogP contribution is 2.41. The Kier molecular flexibility index (Phi) is 6.81. The van der Waals surface area contributed by atoms with E-state index >= 15 is 0 Å². The average Bonchev–Trinajstić information content (AvgIpc) is 2.77. The van der Waals surface area contributed by atoms with Crippen molar-refractivity contribution >= 4 is 10.0 Å². The summed E-state index contributed by atoms with van der Waals surface area (Å²) in [6, 6.07) is 24.5. The Labute approximate surface area is 183 Å². The maximum Gasteiger partial charge on any atom is 0.240 e. The number of benzene rings is 3. The zero-order valence-electron chi connectivity index (χ0n) is 17.8. The van der Waals surface area contributed by atoms with Gasteiger partial charge in [-0.1, -0.05) is 97.3 Å². The number of azide groups is 1. The third-order valence-electron chi connectivity index (χ3n) is 5.36. The number of hydrogen-bond acceptors (Lipinski definition) is 3. The molecule has 160 valence electrons. The van der Waals surface area contributed by atoms with Gasteiger partial charge in [-0.2, -0.15) is 0 Å². The molecule has 7 heteroatoms. The molecule has 0 aliphatic heterocycles. The zero-order valence-corrected chi connectivity index (χ0v) is 18.6. The van der Waals surface area contributed by atoms with Crippen LogP contribution in [0.15, 0.2) is 94.9 Å². The summed E-state index contributed by atoms with van der Waals surface area (Å²) in [6.07, 6.45) is 0. The van der Waals surface area contributed by atoms with Crippen LogP contribution in [0.4, 0.5) is 0 Å². The molecule has 0 saturated heterocycles. The number of nitrogens with zero attached hydrogens (tertiary/aromatic N) is 3. The summed E-state index contributed by atoms with van der Waals surface area (Å²) in [7, 11) is -3.87. The van der Waals surface area contributed by atoms with Gasteiger partial charge in [-0.25, -0.2) is 13.1 Å². The molecule has 1 N–H and O–H groups in total.